The van der Waals surface area contributed by atoms with Crippen LogP contribution in [0.25, 0.3) is 0 Å². The van der Waals surface area contributed by atoms with Gasteiger partial charge in [0.15, 0.2) is 6.10 Å². The third kappa shape index (κ3) is 4.54. The highest BCUT2D eigenvalue weighted by Crippen LogP contribution is 2.28. The third-order valence-corrected chi connectivity index (χ3v) is 4.76. The van der Waals surface area contributed by atoms with Gasteiger partial charge in [0.05, 0.1) is 0 Å². The van der Waals surface area contributed by atoms with Gasteiger partial charge in [-0.05, 0) is 35.3 Å². The molecule has 2 rings (SSSR count). The van der Waals surface area contributed by atoms with Crippen LogP contribution in [0.1, 0.15) is 59.1 Å². The summed E-state index contributed by atoms with van der Waals surface area (Å²) in [6.07, 6.45) is 0.261. The van der Waals surface area contributed by atoms with Crippen LogP contribution < -0.4 is 0 Å². The van der Waals surface area contributed by atoms with E-state index in [1.165, 1.54) is 5.56 Å². The van der Waals surface area contributed by atoms with Crippen LogP contribution in [0.2, 0.25) is 0 Å². The van der Waals surface area contributed by atoms with E-state index in [-0.39, 0.29) is 28.6 Å². The predicted molar refractivity (Wildman–Crippen MR) is 102 cm³/mol. The average Bonchev–Trinajstić information content (AvgIpc) is 2.79. The van der Waals surface area contributed by atoms with E-state index < -0.39 is 17.9 Å². The largest absolute Gasteiger partial charge is 0.511 e. The maximum Gasteiger partial charge on any atom is 0.346 e. The molecule has 0 aliphatic carbocycles. The van der Waals surface area contributed by atoms with Crippen molar-refractivity contribution in [2.45, 2.75) is 65.9 Å². The molecule has 0 bridgehead atoms. The number of hydrogen-bond donors (Lipinski definition) is 1. The molecule has 1 aliphatic heterocycles. The summed E-state index contributed by atoms with van der Waals surface area (Å²) in [5.41, 5.74) is 2.20. The van der Waals surface area contributed by atoms with Gasteiger partial charge in [0.2, 0.25) is 5.78 Å². The monoisotopic (exact) mass is 358 g/mol. The first-order chi connectivity index (χ1) is 12.0. The Morgan fingerprint density at radius 2 is 1.69 bits per heavy atom. The first-order valence-electron chi connectivity index (χ1n) is 9.28. The lowest BCUT2D eigenvalue weighted by Crippen LogP contribution is -2.19. The number of hydrogen-bond acceptors (Lipinski definition) is 4. The Bertz CT molecular complexity index is 705. The molecule has 1 heterocycles. The highest BCUT2D eigenvalue weighted by atomic mass is 16.6. The second kappa shape index (κ2) is 7.65. The Kier molecular flexibility index (Phi) is 5.94. The fourth-order valence-corrected chi connectivity index (χ4v) is 3.15. The van der Waals surface area contributed by atoms with E-state index in [0.717, 1.165) is 5.56 Å². The maximum absolute atomic E-state index is 12.4. The van der Waals surface area contributed by atoms with Crippen molar-refractivity contribution >= 4 is 11.8 Å². The van der Waals surface area contributed by atoms with Crippen LogP contribution >= 0.6 is 0 Å². The van der Waals surface area contributed by atoms with Gasteiger partial charge in [0.1, 0.15) is 11.3 Å². The molecule has 4 heteroatoms. The minimum Gasteiger partial charge on any atom is -0.511 e. The highest BCUT2D eigenvalue weighted by Gasteiger charge is 2.41. The van der Waals surface area contributed by atoms with Crippen LogP contribution in [0.15, 0.2) is 35.6 Å². The average molecular weight is 358 g/mol. The number of Topliss-reactive ketones (excluding diaryl/α,β-unsaturated/α-hetero) is 1. The fraction of sp³-hybridized carbons (Fsp3) is 0.545. The lowest BCUT2D eigenvalue weighted by atomic mass is 9.86. The Morgan fingerprint density at radius 1 is 1.12 bits per heavy atom. The molecule has 0 radical (unpaired) electrons. The van der Waals surface area contributed by atoms with E-state index in [0.29, 0.717) is 12.8 Å². The van der Waals surface area contributed by atoms with Crippen molar-refractivity contribution in [1.82, 2.24) is 0 Å². The number of carbonyl (C=O) groups is 2. The number of aliphatic hydroxyl groups is 1. The minimum atomic E-state index is -0.766. The van der Waals surface area contributed by atoms with Crippen molar-refractivity contribution in [3.8, 4) is 0 Å². The van der Waals surface area contributed by atoms with Gasteiger partial charge in [-0.2, -0.15) is 0 Å². The van der Waals surface area contributed by atoms with Crippen molar-refractivity contribution in [1.29, 1.82) is 0 Å². The van der Waals surface area contributed by atoms with Crippen LogP contribution in [0.4, 0.5) is 0 Å². The summed E-state index contributed by atoms with van der Waals surface area (Å²) < 4.78 is 5.17. The molecule has 1 aliphatic rings. The van der Waals surface area contributed by atoms with Crippen molar-refractivity contribution in [2.24, 2.45) is 11.8 Å². The number of ether oxygens (including phenoxy) is 1. The van der Waals surface area contributed by atoms with Gasteiger partial charge in [-0.25, -0.2) is 4.79 Å². The van der Waals surface area contributed by atoms with E-state index in [2.05, 4.69) is 32.9 Å². The Hall–Kier alpha value is -2.10. The van der Waals surface area contributed by atoms with Gasteiger partial charge in [-0.1, -0.05) is 65.8 Å². The van der Waals surface area contributed by atoms with Crippen molar-refractivity contribution in [3.63, 3.8) is 0 Å². The van der Waals surface area contributed by atoms with Crippen LogP contribution in [0.3, 0.4) is 0 Å². The Labute approximate surface area is 156 Å². The Balaban J connectivity index is 2.15. The second-order valence-corrected chi connectivity index (χ2v) is 8.70. The van der Waals surface area contributed by atoms with E-state index in [1.807, 2.05) is 32.9 Å². The fourth-order valence-electron chi connectivity index (χ4n) is 3.15. The van der Waals surface area contributed by atoms with E-state index >= 15 is 0 Å². The highest BCUT2D eigenvalue weighted by molar-refractivity contribution is 6.23. The summed E-state index contributed by atoms with van der Waals surface area (Å²) in [4.78, 5) is 24.5. The van der Waals surface area contributed by atoms with Gasteiger partial charge >= 0.3 is 5.97 Å². The number of allylic oxidation sites excluding steroid dienone is 1. The summed E-state index contributed by atoms with van der Waals surface area (Å²) in [5, 5.41) is 10.5. The maximum atomic E-state index is 12.4. The van der Waals surface area contributed by atoms with Crippen LogP contribution in [-0.2, 0) is 26.2 Å². The lowest BCUT2D eigenvalue weighted by molar-refractivity contribution is -0.141. The second-order valence-electron chi connectivity index (χ2n) is 8.70. The molecule has 0 spiro atoms. The molecule has 1 saturated heterocycles. The van der Waals surface area contributed by atoms with Crippen molar-refractivity contribution < 1.29 is 19.4 Å². The number of benzene rings is 1. The zero-order valence-electron chi connectivity index (χ0n) is 16.6. The topological polar surface area (TPSA) is 63.6 Å². The normalized spacial score (nSPS) is 21.1. The van der Waals surface area contributed by atoms with Gasteiger partial charge in [0, 0.05) is 5.92 Å². The summed E-state index contributed by atoms with van der Waals surface area (Å²) >= 11 is 0. The van der Waals surface area contributed by atoms with E-state index in [4.69, 9.17) is 4.74 Å². The van der Waals surface area contributed by atoms with Gasteiger partial charge in [-0.15, -0.1) is 0 Å². The standard InChI is InChI=1S/C22H30O4/c1-13(2)11-17-20(24)18(21(25)26-17)19(23)14(3)12-15-7-9-16(10-8-15)22(4,5)6/h7-10,13-14,17,23H,11-12H2,1-6H3/b19-18+. The molecule has 2 unspecified atom stereocenters. The van der Waals surface area contributed by atoms with Crippen molar-refractivity contribution in [2.75, 3.05) is 0 Å². The van der Waals surface area contributed by atoms with Crippen LogP contribution in [0, 0.1) is 11.8 Å². The van der Waals surface area contributed by atoms with E-state index in [9.17, 15) is 14.7 Å². The SMILES string of the molecule is CC(C)CC1OC(=O)/C(=C(/O)C(C)Cc2ccc(C(C)(C)C)cc2)C1=O. The summed E-state index contributed by atoms with van der Waals surface area (Å²) in [6.45, 7) is 12.2. The number of carbonyl (C=O) groups excluding carboxylic acids is 2. The van der Waals surface area contributed by atoms with E-state index in [1.54, 1.807) is 0 Å². The number of aliphatic hydroxyl groups excluding tert-OH is 1. The van der Waals surface area contributed by atoms with Gasteiger partial charge < -0.3 is 9.84 Å². The first-order valence-corrected chi connectivity index (χ1v) is 9.28. The zero-order valence-corrected chi connectivity index (χ0v) is 16.6. The first kappa shape index (κ1) is 20.2. The molecule has 1 N–H and O–H groups in total. The lowest BCUT2D eigenvalue weighted by Gasteiger charge is -2.19. The molecule has 1 aromatic rings. The zero-order chi connectivity index (χ0) is 19.6. The number of cyclic esters (lactones) is 1. The quantitative estimate of drug-likeness (QED) is 0.364. The minimum absolute atomic E-state index is 0.0830. The molecule has 0 saturated carbocycles. The summed E-state index contributed by atoms with van der Waals surface area (Å²) in [7, 11) is 0. The molecule has 142 valence electrons. The van der Waals surface area contributed by atoms with Gasteiger partial charge in [0.25, 0.3) is 0 Å². The van der Waals surface area contributed by atoms with Crippen LogP contribution in [-0.4, -0.2) is 23.0 Å². The van der Waals surface area contributed by atoms with Crippen LogP contribution in [0.5, 0.6) is 0 Å². The molecule has 0 amide bonds. The summed E-state index contributed by atoms with van der Waals surface area (Å²) in [6, 6.07) is 8.23. The van der Waals surface area contributed by atoms with Crippen molar-refractivity contribution in [3.05, 3.63) is 46.7 Å². The Morgan fingerprint density at radius 3 is 2.19 bits per heavy atom. The smallest absolute Gasteiger partial charge is 0.346 e. The molecule has 26 heavy (non-hydrogen) atoms. The molecule has 1 fully saturated rings. The number of esters is 1. The molecular weight excluding hydrogens is 328 g/mol. The number of rotatable bonds is 5. The molecule has 2 atom stereocenters. The summed E-state index contributed by atoms with van der Waals surface area (Å²) in [5.74, 6) is -1.35. The number of ketones is 1. The molecule has 1 aromatic carbocycles. The third-order valence-electron chi connectivity index (χ3n) is 4.76. The predicted octanol–water partition coefficient (Wildman–Crippen LogP) is 4.52. The molecule has 0 aromatic heterocycles. The van der Waals surface area contributed by atoms with Gasteiger partial charge in [-0.3, -0.25) is 4.79 Å². The molecule has 4 nitrogen and oxygen atoms in total. The molecular formula is C22H30O4.